The molecule has 0 atom stereocenters. The lowest BCUT2D eigenvalue weighted by molar-refractivity contribution is -0.138. The summed E-state index contributed by atoms with van der Waals surface area (Å²) in [4.78, 5) is 32.4. The molecule has 6 nitrogen and oxygen atoms in total. The molecule has 0 radical (unpaired) electrons. The van der Waals surface area contributed by atoms with Crippen LogP contribution in [0.25, 0.3) is 11.0 Å². The van der Waals surface area contributed by atoms with Crippen LogP contribution in [0, 0.1) is 0 Å². The molecule has 32 heavy (non-hydrogen) atoms. The van der Waals surface area contributed by atoms with Crippen molar-refractivity contribution < 1.29 is 9.59 Å². The lowest BCUT2D eigenvalue weighted by Crippen LogP contribution is -2.50. The topological polar surface area (TPSA) is 67.2 Å². The molecular formula is C26H36N4O2. The number of rotatable bonds is 8. The molecule has 0 aliphatic heterocycles. The van der Waals surface area contributed by atoms with E-state index < -0.39 is 0 Å². The Hall–Kier alpha value is -2.63. The number of fused-ring (bicyclic) bond motifs is 1. The maximum atomic E-state index is 13.8. The van der Waals surface area contributed by atoms with Gasteiger partial charge in [-0.3, -0.25) is 9.59 Å². The number of imidazole rings is 1. The largest absolute Gasteiger partial charge is 0.352 e. The van der Waals surface area contributed by atoms with Crippen molar-refractivity contribution in [3.63, 3.8) is 0 Å². The molecule has 2 aromatic rings. The summed E-state index contributed by atoms with van der Waals surface area (Å²) in [6.45, 7) is 4.29. The second-order valence-corrected chi connectivity index (χ2v) is 9.23. The van der Waals surface area contributed by atoms with Crippen LogP contribution in [0.2, 0.25) is 0 Å². The zero-order chi connectivity index (χ0) is 22.3. The predicted octanol–water partition coefficient (Wildman–Crippen LogP) is 4.38. The number of para-hydroxylation sites is 2. The normalized spacial score (nSPS) is 17.9. The Morgan fingerprint density at radius 3 is 2.28 bits per heavy atom. The zero-order valence-corrected chi connectivity index (χ0v) is 19.1. The standard InChI is InChI=1S/C26H36N4O2/c1-2-25(31)27-18-17-24-28-22-15-9-10-16-23(22)29(24)19-26(32)30(20-11-5-3-6-12-20)21-13-7-4-8-14-21/h2,9-10,15-16,20-21H,1,3-8,11-14,17-19H2,(H,27,31). The summed E-state index contributed by atoms with van der Waals surface area (Å²) < 4.78 is 2.07. The molecule has 2 amide bonds. The van der Waals surface area contributed by atoms with Gasteiger partial charge in [0.2, 0.25) is 11.8 Å². The SMILES string of the molecule is C=CC(=O)NCCc1nc2ccccc2n1CC(=O)N(C1CCCCC1)C1CCCCC1. The lowest BCUT2D eigenvalue weighted by atomic mass is 9.88. The fourth-order valence-corrected chi connectivity index (χ4v) is 5.50. The van der Waals surface area contributed by atoms with Crippen LogP contribution < -0.4 is 5.32 Å². The summed E-state index contributed by atoms with van der Waals surface area (Å²) in [5.74, 6) is 0.879. The highest BCUT2D eigenvalue weighted by atomic mass is 16.2. The number of hydrogen-bond acceptors (Lipinski definition) is 3. The molecule has 2 aliphatic carbocycles. The summed E-state index contributed by atoms with van der Waals surface area (Å²) in [5, 5.41) is 2.83. The summed E-state index contributed by atoms with van der Waals surface area (Å²) in [5.41, 5.74) is 1.88. The second-order valence-electron chi connectivity index (χ2n) is 9.23. The minimum atomic E-state index is -0.190. The van der Waals surface area contributed by atoms with Crippen LogP contribution in [0.15, 0.2) is 36.9 Å². The Morgan fingerprint density at radius 1 is 1.03 bits per heavy atom. The zero-order valence-electron chi connectivity index (χ0n) is 19.1. The van der Waals surface area contributed by atoms with Gasteiger partial charge in [0.15, 0.2) is 0 Å². The Morgan fingerprint density at radius 2 is 1.66 bits per heavy atom. The number of amides is 2. The lowest BCUT2D eigenvalue weighted by Gasteiger charge is -2.42. The van der Waals surface area contributed by atoms with Crippen LogP contribution >= 0.6 is 0 Å². The molecule has 6 heteroatoms. The summed E-state index contributed by atoms with van der Waals surface area (Å²) in [6.07, 6.45) is 13.9. The van der Waals surface area contributed by atoms with E-state index in [1.807, 2.05) is 24.3 Å². The third-order valence-electron chi connectivity index (χ3n) is 7.08. The molecule has 1 N–H and O–H groups in total. The summed E-state index contributed by atoms with van der Waals surface area (Å²) in [6, 6.07) is 8.75. The Labute approximate surface area is 191 Å². The van der Waals surface area contributed by atoms with E-state index in [-0.39, 0.29) is 11.8 Å². The van der Waals surface area contributed by atoms with E-state index in [4.69, 9.17) is 4.98 Å². The Balaban J connectivity index is 1.57. The molecule has 0 unspecified atom stereocenters. The molecule has 4 rings (SSSR count). The first-order chi connectivity index (χ1) is 15.7. The van der Waals surface area contributed by atoms with Gasteiger partial charge in [0, 0.05) is 25.0 Å². The van der Waals surface area contributed by atoms with Crippen LogP contribution in [-0.4, -0.2) is 44.9 Å². The highest BCUT2D eigenvalue weighted by Gasteiger charge is 2.32. The van der Waals surface area contributed by atoms with E-state index in [1.165, 1.54) is 44.6 Å². The Kier molecular flexibility index (Phi) is 7.61. The molecule has 1 heterocycles. The number of carbonyl (C=O) groups excluding carboxylic acids is 2. The van der Waals surface area contributed by atoms with Gasteiger partial charge >= 0.3 is 0 Å². The van der Waals surface area contributed by atoms with E-state index in [0.717, 1.165) is 42.5 Å². The number of hydrogen-bond donors (Lipinski definition) is 1. The molecule has 0 bridgehead atoms. The molecule has 2 aliphatic rings. The smallest absolute Gasteiger partial charge is 0.243 e. The van der Waals surface area contributed by atoms with Crippen molar-refractivity contribution in [3.05, 3.63) is 42.7 Å². The first-order valence-electron chi connectivity index (χ1n) is 12.3. The maximum Gasteiger partial charge on any atom is 0.243 e. The first kappa shape index (κ1) is 22.6. The van der Waals surface area contributed by atoms with Gasteiger partial charge in [-0.05, 0) is 43.9 Å². The average molecular weight is 437 g/mol. The van der Waals surface area contributed by atoms with Crippen LogP contribution in [0.5, 0.6) is 0 Å². The number of nitrogens with zero attached hydrogens (tertiary/aromatic N) is 3. The van der Waals surface area contributed by atoms with Crippen molar-refractivity contribution in [2.75, 3.05) is 6.54 Å². The molecule has 0 saturated heterocycles. The fourth-order valence-electron chi connectivity index (χ4n) is 5.50. The van der Waals surface area contributed by atoms with Crippen molar-refractivity contribution in [1.29, 1.82) is 0 Å². The minimum Gasteiger partial charge on any atom is -0.352 e. The van der Waals surface area contributed by atoms with E-state index in [0.29, 0.717) is 31.6 Å². The van der Waals surface area contributed by atoms with Crippen molar-refractivity contribution in [1.82, 2.24) is 19.8 Å². The van der Waals surface area contributed by atoms with Gasteiger partial charge < -0.3 is 14.8 Å². The second kappa shape index (κ2) is 10.8. The van der Waals surface area contributed by atoms with Crippen molar-refractivity contribution in [3.8, 4) is 0 Å². The number of nitrogens with one attached hydrogen (secondary N) is 1. The molecule has 2 fully saturated rings. The highest BCUT2D eigenvalue weighted by molar-refractivity contribution is 5.86. The van der Waals surface area contributed by atoms with Gasteiger partial charge in [-0.25, -0.2) is 4.98 Å². The van der Waals surface area contributed by atoms with Crippen molar-refractivity contribution >= 4 is 22.8 Å². The molecule has 2 saturated carbocycles. The van der Waals surface area contributed by atoms with Crippen molar-refractivity contribution in [2.24, 2.45) is 0 Å². The van der Waals surface area contributed by atoms with E-state index in [1.54, 1.807) is 0 Å². The van der Waals surface area contributed by atoms with Crippen LogP contribution in [0.3, 0.4) is 0 Å². The molecular weight excluding hydrogens is 400 g/mol. The Bertz CT molecular complexity index is 920. The van der Waals surface area contributed by atoms with Gasteiger partial charge in [-0.2, -0.15) is 0 Å². The quantitative estimate of drug-likeness (QED) is 0.625. The number of carbonyl (C=O) groups is 2. The third kappa shape index (κ3) is 5.22. The fraction of sp³-hybridized carbons (Fsp3) is 0.577. The number of benzene rings is 1. The van der Waals surface area contributed by atoms with Crippen LogP contribution in [0.1, 0.15) is 70.0 Å². The average Bonchev–Trinajstić information content (AvgIpc) is 3.17. The third-order valence-corrected chi connectivity index (χ3v) is 7.08. The van der Waals surface area contributed by atoms with E-state index in [2.05, 4.69) is 21.4 Å². The highest BCUT2D eigenvalue weighted by Crippen LogP contribution is 2.31. The summed E-state index contributed by atoms with van der Waals surface area (Å²) >= 11 is 0. The van der Waals surface area contributed by atoms with Crippen LogP contribution in [-0.2, 0) is 22.6 Å². The van der Waals surface area contributed by atoms with E-state index >= 15 is 0 Å². The van der Waals surface area contributed by atoms with Gasteiger partial charge in [-0.1, -0.05) is 57.2 Å². The van der Waals surface area contributed by atoms with Gasteiger partial charge in [-0.15, -0.1) is 0 Å². The van der Waals surface area contributed by atoms with Gasteiger partial charge in [0.05, 0.1) is 11.0 Å². The first-order valence-corrected chi connectivity index (χ1v) is 12.3. The van der Waals surface area contributed by atoms with Crippen LogP contribution in [0.4, 0.5) is 0 Å². The molecule has 1 aromatic heterocycles. The minimum absolute atomic E-state index is 0.190. The summed E-state index contributed by atoms with van der Waals surface area (Å²) in [7, 11) is 0. The number of aromatic nitrogens is 2. The van der Waals surface area contributed by atoms with E-state index in [9.17, 15) is 9.59 Å². The van der Waals surface area contributed by atoms with Gasteiger partial charge in [0.1, 0.15) is 12.4 Å². The molecule has 172 valence electrons. The maximum absolute atomic E-state index is 13.8. The molecule has 0 spiro atoms. The monoisotopic (exact) mass is 436 g/mol. The van der Waals surface area contributed by atoms with Crippen molar-refractivity contribution in [2.45, 2.75) is 89.3 Å². The molecule has 1 aromatic carbocycles. The predicted molar refractivity (Wildman–Crippen MR) is 127 cm³/mol. The van der Waals surface area contributed by atoms with Gasteiger partial charge in [0.25, 0.3) is 0 Å².